The van der Waals surface area contributed by atoms with Gasteiger partial charge in [-0.1, -0.05) is 111 Å². The van der Waals surface area contributed by atoms with Gasteiger partial charge < -0.3 is 16.9 Å². The Labute approximate surface area is 223 Å². The number of hydrogen-bond donors (Lipinski definition) is 0. The van der Waals surface area contributed by atoms with Crippen LogP contribution in [0.25, 0.3) is 0 Å². The second kappa shape index (κ2) is 26.2. The van der Waals surface area contributed by atoms with Crippen LogP contribution in [0.5, 0.6) is 0 Å². The Balaban J connectivity index is 0. The first-order valence-electron chi connectivity index (χ1n) is 14.1. The molecule has 0 N–H and O–H groups in total. The third-order valence-corrected chi connectivity index (χ3v) is 8.53. The van der Waals surface area contributed by atoms with Crippen molar-refractivity contribution < 1.29 is 16.9 Å². The lowest BCUT2D eigenvalue weighted by atomic mass is 10.1. The molecule has 0 saturated carbocycles. The maximum absolute atomic E-state index is 6.01. The summed E-state index contributed by atoms with van der Waals surface area (Å²) in [6, 6.07) is 0. The third kappa shape index (κ3) is 18.9. The van der Waals surface area contributed by atoms with Gasteiger partial charge in [-0.05, 0) is 44.4 Å². The lowest BCUT2D eigenvalue weighted by molar-refractivity contribution is -0.927. The van der Waals surface area contributed by atoms with Crippen LogP contribution >= 0.6 is 22.6 Å². The standard InChI is InChI=1S/C29H57IN.ClH/c1-5-9-12-15-16-17-18-19-22-25-28-31(29(30)8-4,26-23-20-13-10-6-2)27-24-21-14-11-7-3;/h4,29H,5-7,9-28H2,1-3H3;1H/q+1;/p-1. The number of rotatable bonds is 24. The number of nitrogens with zero attached hydrogens (tertiary/aromatic N) is 1. The molecule has 0 amide bonds. The molecule has 0 rings (SSSR count). The monoisotopic (exact) mass is 581 g/mol. The lowest BCUT2D eigenvalue weighted by Crippen LogP contribution is -3.00. The molecule has 0 aromatic rings. The Morgan fingerprint density at radius 1 is 0.531 bits per heavy atom. The summed E-state index contributed by atoms with van der Waals surface area (Å²) < 4.78 is 1.53. The maximum atomic E-state index is 6.01. The van der Waals surface area contributed by atoms with E-state index in [1.807, 2.05) is 0 Å². The summed E-state index contributed by atoms with van der Waals surface area (Å²) in [6.07, 6.45) is 33.9. The SMILES string of the molecule is C#CC(I)[N+](CCCCCCC)(CCCCCCC)CCCCCCCCCCCC.[Cl-]. The molecule has 0 radical (unpaired) electrons. The fourth-order valence-corrected chi connectivity index (χ4v) is 5.64. The number of halogens is 2. The Kier molecular flexibility index (Phi) is 28.4. The van der Waals surface area contributed by atoms with Crippen LogP contribution in [0.2, 0.25) is 0 Å². The van der Waals surface area contributed by atoms with Crippen LogP contribution in [-0.2, 0) is 0 Å². The Morgan fingerprint density at radius 2 is 0.781 bits per heavy atom. The van der Waals surface area contributed by atoms with Crippen LogP contribution in [0, 0.1) is 12.3 Å². The minimum absolute atomic E-state index is 0. The van der Waals surface area contributed by atoms with Crippen molar-refractivity contribution in [2.45, 2.75) is 153 Å². The van der Waals surface area contributed by atoms with Crippen molar-refractivity contribution in [2.75, 3.05) is 19.6 Å². The summed E-state index contributed by atoms with van der Waals surface area (Å²) in [5, 5.41) is 0. The minimum Gasteiger partial charge on any atom is -1.00 e. The summed E-state index contributed by atoms with van der Waals surface area (Å²) in [7, 11) is 0. The topological polar surface area (TPSA) is 0 Å². The fourth-order valence-electron chi connectivity index (χ4n) is 4.81. The van der Waals surface area contributed by atoms with Crippen LogP contribution in [-0.4, -0.2) is 28.2 Å². The number of hydrogen-bond acceptors (Lipinski definition) is 0. The van der Waals surface area contributed by atoms with Gasteiger partial charge in [0.1, 0.15) is 0 Å². The van der Waals surface area contributed by atoms with Crippen LogP contribution in [0.3, 0.4) is 0 Å². The van der Waals surface area contributed by atoms with Crippen LogP contribution in [0.15, 0.2) is 0 Å². The largest absolute Gasteiger partial charge is 1.00 e. The van der Waals surface area contributed by atoms with E-state index in [0.29, 0.717) is 4.05 Å². The summed E-state index contributed by atoms with van der Waals surface area (Å²) in [5.41, 5.74) is 0. The van der Waals surface area contributed by atoms with Gasteiger partial charge in [-0.15, -0.1) is 6.42 Å². The molecule has 1 nitrogen and oxygen atoms in total. The molecule has 3 heteroatoms. The first-order chi connectivity index (χ1) is 15.2. The number of unbranched alkanes of at least 4 members (excludes halogenated alkanes) is 17. The van der Waals surface area contributed by atoms with E-state index in [0.717, 1.165) is 0 Å². The predicted octanol–water partition coefficient (Wildman–Crippen LogP) is 7.06. The van der Waals surface area contributed by atoms with Gasteiger partial charge in [0.2, 0.25) is 4.05 Å². The molecule has 0 saturated heterocycles. The molecule has 0 heterocycles. The zero-order valence-corrected chi connectivity index (χ0v) is 25.0. The van der Waals surface area contributed by atoms with Crippen molar-refractivity contribution in [3.63, 3.8) is 0 Å². The summed E-state index contributed by atoms with van der Waals surface area (Å²) >= 11 is 2.58. The van der Waals surface area contributed by atoms with Gasteiger partial charge in [0.25, 0.3) is 0 Å². The predicted molar refractivity (Wildman–Crippen MR) is 151 cm³/mol. The van der Waals surface area contributed by atoms with Crippen molar-refractivity contribution in [3.05, 3.63) is 0 Å². The molecule has 0 bridgehead atoms. The Bertz CT molecular complexity index is 392. The number of quaternary nitrogens is 1. The van der Waals surface area contributed by atoms with Gasteiger partial charge in [0.15, 0.2) is 0 Å². The average molecular weight is 582 g/mol. The molecule has 1 unspecified atom stereocenters. The van der Waals surface area contributed by atoms with Crippen LogP contribution < -0.4 is 12.4 Å². The van der Waals surface area contributed by atoms with Crippen LogP contribution in [0.4, 0.5) is 0 Å². The highest BCUT2D eigenvalue weighted by molar-refractivity contribution is 14.1. The van der Waals surface area contributed by atoms with Gasteiger partial charge in [0, 0.05) is 22.6 Å². The lowest BCUT2D eigenvalue weighted by Gasteiger charge is -2.41. The normalized spacial score (nSPS) is 12.3. The second-order valence-corrected chi connectivity index (χ2v) is 11.1. The van der Waals surface area contributed by atoms with E-state index >= 15 is 0 Å². The van der Waals surface area contributed by atoms with Crippen LogP contribution in [0.1, 0.15) is 149 Å². The summed E-state index contributed by atoms with van der Waals surface area (Å²) in [4.78, 5) is 0. The Hall–Kier alpha value is 0.540. The van der Waals surface area contributed by atoms with Gasteiger partial charge in [0.05, 0.1) is 19.6 Å². The number of alkyl halides is 1. The molecular formula is C29H57ClIN. The third-order valence-electron chi connectivity index (χ3n) is 6.99. The molecular weight excluding hydrogens is 525 g/mol. The molecule has 0 aliphatic carbocycles. The van der Waals surface area contributed by atoms with Gasteiger partial charge in [-0.3, -0.25) is 0 Å². The molecule has 0 aliphatic rings. The van der Waals surface area contributed by atoms with Gasteiger partial charge in [-0.2, -0.15) is 0 Å². The van der Waals surface area contributed by atoms with Gasteiger partial charge >= 0.3 is 0 Å². The molecule has 32 heavy (non-hydrogen) atoms. The van der Waals surface area contributed by atoms with Crippen molar-refractivity contribution in [3.8, 4) is 12.3 Å². The maximum Gasteiger partial charge on any atom is 0.200 e. The van der Waals surface area contributed by atoms with Gasteiger partial charge in [-0.25, -0.2) is 0 Å². The summed E-state index contributed by atoms with van der Waals surface area (Å²) in [5.74, 6) is 3.15. The molecule has 0 spiro atoms. The minimum atomic E-state index is 0. The molecule has 192 valence electrons. The average Bonchev–Trinajstić information content (AvgIpc) is 2.78. The van der Waals surface area contributed by atoms with Crippen molar-refractivity contribution in [1.82, 2.24) is 0 Å². The van der Waals surface area contributed by atoms with E-state index in [1.54, 1.807) is 0 Å². The molecule has 0 aromatic heterocycles. The van der Waals surface area contributed by atoms with Crippen molar-refractivity contribution in [2.24, 2.45) is 0 Å². The molecule has 0 aromatic carbocycles. The first-order valence-corrected chi connectivity index (χ1v) is 15.4. The highest BCUT2D eigenvalue weighted by atomic mass is 127. The van der Waals surface area contributed by atoms with E-state index in [4.69, 9.17) is 6.42 Å². The zero-order valence-electron chi connectivity index (χ0n) is 22.1. The highest BCUT2D eigenvalue weighted by Crippen LogP contribution is 2.25. The number of terminal acetylenes is 1. The Morgan fingerprint density at radius 3 is 1.03 bits per heavy atom. The highest BCUT2D eigenvalue weighted by Gasteiger charge is 2.32. The quantitative estimate of drug-likeness (QED) is 0.0286. The zero-order chi connectivity index (χ0) is 23.0. The smallest absolute Gasteiger partial charge is 0.200 e. The summed E-state index contributed by atoms with van der Waals surface area (Å²) in [6.45, 7) is 10.8. The van der Waals surface area contributed by atoms with E-state index in [9.17, 15) is 0 Å². The van der Waals surface area contributed by atoms with Crippen molar-refractivity contribution >= 4 is 22.6 Å². The van der Waals surface area contributed by atoms with Crippen molar-refractivity contribution in [1.29, 1.82) is 0 Å². The van der Waals surface area contributed by atoms with E-state index in [1.165, 1.54) is 153 Å². The molecule has 1 atom stereocenters. The molecule has 0 aliphatic heterocycles. The second-order valence-electron chi connectivity index (χ2n) is 9.90. The fraction of sp³-hybridized carbons (Fsp3) is 0.931. The van der Waals surface area contributed by atoms with E-state index < -0.39 is 0 Å². The first kappa shape index (κ1) is 34.7. The van der Waals surface area contributed by atoms with E-state index in [-0.39, 0.29) is 12.4 Å². The molecule has 0 fully saturated rings. The van der Waals surface area contributed by atoms with E-state index in [2.05, 4.69) is 49.3 Å².